The van der Waals surface area contributed by atoms with Gasteiger partial charge in [0, 0.05) is 10.9 Å². The molecule has 0 aliphatic rings. The third-order valence-electron chi connectivity index (χ3n) is 3.46. The summed E-state index contributed by atoms with van der Waals surface area (Å²) >= 11 is 0. The summed E-state index contributed by atoms with van der Waals surface area (Å²) in [4.78, 5) is 12.2. The van der Waals surface area contributed by atoms with E-state index < -0.39 is 5.97 Å². The molecule has 5 nitrogen and oxygen atoms in total. The van der Waals surface area contributed by atoms with Crippen molar-refractivity contribution in [1.29, 1.82) is 0 Å². The maximum atomic E-state index is 12.2. The highest BCUT2D eigenvalue weighted by molar-refractivity contribution is 6.01. The Hall–Kier alpha value is -2.82. The molecule has 2 aromatic carbocycles. The zero-order valence-corrected chi connectivity index (χ0v) is 12.4. The van der Waals surface area contributed by atoms with Crippen LogP contribution in [0.15, 0.2) is 42.5 Å². The van der Waals surface area contributed by atoms with Crippen molar-refractivity contribution in [3.05, 3.63) is 59.3 Å². The van der Waals surface area contributed by atoms with Crippen molar-refractivity contribution in [2.45, 2.75) is 13.5 Å². The fraction of sp³-hybridized carbons (Fsp3) is 0.176. The Labute approximate surface area is 127 Å². The molecule has 1 aromatic heterocycles. The number of benzene rings is 2. The van der Waals surface area contributed by atoms with E-state index in [-0.39, 0.29) is 6.61 Å². The lowest BCUT2D eigenvalue weighted by Crippen LogP contribution is -2.07. The first-order chi connectivity index (χ1) is 10.7. The fourth-order valence-corrected chi connectivity index (χ4v) is 2.35. The molecule has 0 aliphatic heterocycles. The topological polar surface area (TPSA) is 64.2 Å². The SMILES string of the molecule is COc1ccc(C)cc1COC(=O)c1n[nH]c2ccccc12. The lowest BCUT2D eigenvalue weighted by molar-refractivity contribution is 0.0465. The van der Waals surface area contributed by atoms with E-state index in [9.17, 15) is 4.79 Å². The van der Waals surface area contributed by atoms with E-state index in [2.05, 4.69) is 10.2 Å². The molecule has 1 N–H and O–H groups in total. The molecule has 3 aromatic rings. The van der Waals surface area contributed by atoms with Crippen LogP contribution in [0.1, 0.15) is 21.6 Å². The molecular formula is C17H16N2O3. The number of carbonyl (C=O) groups is 1. The molecule has 0 saturated carbocycles. The second kappa shape index (κ2) is 5.89. The molecule has 0 unspecified atom stereocenters. The Morgan fingerprint density at radius 1 is 1.23 bits per heavy atom. The molecule has 0 aliphatic carbocycles. The molecule has 0 atom stereocenters. The van der Waals surface area contributed by atoms with Gasteiger partial charge in [-0.3, -0.25) is 5.10 Å². The number of rotatable bonds is 4. The zero-order valence-electron chi connectivity index (χ0n) is 12.4. The van der Waals surface area contributed by atoms with E-state index in [0.717, 1.165) is 22.0 Å². The molecule has 3 rings (SSSR count). The Kier molecular flexibility index (Phi) is 3.78. The van der Waals surface area contributed by atoms with Crippen molar-refractivity contribution >= 4 is 16.9 Å². The highest BCUT2D eigenvalue weighted by Crippen LogP contribution is 2.22. The van der Waals surface area contributed by atoms with Crippen LogP contribution in [0.5, 0.6) is 5.75 Å². The summed E-state index contributed by atoms with van der Waals surface area (Å²) in [5.41, 5.74) is 3.01. The number of hydrogen-bond donors (Lipinski definition) is 1. The van der Waals surface area contributed by atoms with E-state index >= 15 is 0 Å². The summed E-state index contributed by atoms with van der Waals surface area (Å²) in [6, 6.07) is 13.2. The van der Waals surface area contributed by atoms with Crippen LogP contribution >= 0.6 is 0 Å². The van der Waals surface area contributed by atoms with Gasteiger partial charge in [-0.1, -0.05) is 29.8 Å². The standard InChI is InChI=1S/C17H16N2O3/c1-11-7-8-15(21-2)12(9-11)10-22-17(20)16-13-5-3-4-6-14(13)18-19-16/h3-9H,10H2,1-2H3,(H,18,19). The highest BCUT2D eigenvalue weighted by atomic mass is 16.5. The molecule has 0 fully saturated rings. The average molecular weight is 296 g/mol. The molecule has 0 saturated heterocycles. The van der Waals surface area contributed by atoms with Crippen molar-refractivity contribution in [3.63, 3.8) is 0 Å². The van der Waals surface area contributed by atoms with Gasteiger partial charge in [-0.05, 0) is 25.1 Å². The number of aromatic nitrogens is 2. The number of nitrogens with one attached hydrogen (secondary N) is 1. The molecule has 5 heteroatoms. The highest BCUT2D eigenvalue weighted by Gasteiger charge is 2.16. The van der Waals surface area contributed by atoms with E-state index in [1.807, 2.05) is 49.4 Å². The predicted molar refractivity (Wildman–Crippen MR) is 82.9 cm³/mol. The first-order valence-corrected chi connectivity index (χ1v) is 6.93. The van der Waals surface area contributed by atoms with Crippen molar-refractivity contribution in [2.24, 2.45) is 0 Å². The first kappa shape index (κ1) is 14.1. The van der Waals surface area contributed by atoms with Gasteiger partial charge in [0.05, 0.1) is 12.6 Å². The number of aryl methyl sites for hydroxylation is 1. The van der Waals surface area contributed by atoms with Crippen LogP contribution in [0.4, 0.5) is 0 Å². The minimum Gasteiger partial charge on any atom is -0.496 e. The van der Waals surface area contributed by atoms with Crippen LogP contribution in [0, 0.1) is 6.92 Å². The van der Waals surface area contributed by atoms with Gasteiger partial charge >= 0.3 is 5.97 Å². The van der Waals surface area contributed by atoms with Crippen molar-refractivity contribution in [1.82, 2.24) is 10.2 Å². The Bertz CT molecular complexity index is 824. The number of nitrogens with zero attached hydrogens (tertiary/aromatic N) is 1. The van der Waals surface area contributed by atoms with Crippen LogP contribution in [0.25, 0.3) is 10.9 Å². The van der Waals surface area contributed by atoms with Gasteiger partial charge < -0.3 is 9.47 Å². The lowest BCUT2D eigenvalue weighted by atomic mass is 10.1. The molecular weight excluding hydrogens is 280 g/mol. The van der Waals surface area contributed by atoms with Crippen LogP contribution < -0.4 is 4.74 Å². The van der Waals surface area contributed by atoms with Crippen molar-refractivity contribution < 1.29 is 14.3 Å². The number of hydrogen-bond acceptors (Lipinski definition) is 4. The number of fused-ring (bicyclic) bond motifs is 1. The lowest BCUT2D eigenvalue weighted by Gasteiger charge is -2.09. The van der Waals surface area contributed by atoms with Gasteiger partial charge in [-0.15, -0.1) is 0 Å². The maximum Gasteiger partial charge on any atom is 0.359 e. The zero-order chi connectivity index (χ0) is 15.5. The molecule has 1 heterocycles. The van der Waals surface area contributed by atoms with Gasteiger partial charge in [-0.25, -0.2) is 4.79 Å². The van der Waals surface area contributed by atoms with Crippen molar-refractivity contribution in [2.75, 3.05) is 7.11 Å². The number of methoxy groups -OCH3 is 1. The molecule has 22 heavy (non-hydrogen) atoms. The minimum atomic E-state index is -0.457. The summed E-state index contributed by atoms with van der Waals surface area (Å²) in [7, 11) is 1.59. The summed E-state index contributed by atoms with van der Waals surface area (Å²) in [6.45, 7) is 2.12. The van der Waals surface area contributed by atoms with E-state index in [1.54, 1.807) is 7.11 Å². The largest absolute Gasteiger partial charge is 0.496 e. The third-order valence-corrected chi connectivity index (χ3v) is 3.46. The number of aromatic amines is 1. The predicted octanol–water partition coefficient (Wildman–Crippen LogP) is 3.24. The van der Waals surface area contributed by atoms with Gasteiger partial charge in [0.25, 0.3) is 0 Å². The summed E-state index contributed by atoms with van der Waals surface area (Å²) in [5, 5.41) is 7.61. The quantitative estimate of drug-likeness (QED) is 0.751. The molecule has 0 radical (unpaired) electrons. The van der Waals surface area contributed by atoms with E-state index in [4.69, 9.17) is 9.47 Å². The second-order valence-corrected chi connectivity index (χ2v) is 5.01. The molecule has 112 valence electrons. The number of para-hydroxylation sites is 1. The summed E-state index contributed by atoms with van der Waals surface area (Å²) < 4.78 is 10.7. The Balaban J connectivity index is 1.79. The average Bonchev–Trinajstić information content (AvgIpc) is 2.97. The van der Waals surface area contributed by atoms with Gasteiger partial charge in [0.1, 0.15) is 12.4 Å². The van der Waals surface area contributed by atoms with Crippen LogP contribution in [0.3, 0.4) is 0 Å². The summed E-state index contributed by atoms with van der Waals surface area (Å²) in [5.74, 6) is 0.242. The minimum absolute atomic E-state index is 0.144. The number of ether oxygens (including phenoxy) is 2. The number of esters is 1. The third kappa shape index (κ3) is 2.65. The van der Waals surface area contributed by atoms with Crippen LogP contribution in [-0.2, 0) is 11.3 Å². The van der Waals surface area contributed by atoms with Gasteiger partial charge in [0.15, 0.2) is 5.69 Å². The van der Waals surface area contributed by atoms with Crippen LogP contribution in [0.2, 0.25) is 0 Å². The van der Waals surface area contributed by atoms with Gasteiger partial charge in [-0.2, -0.15) is 5.10 Å². The first-order valence-electron chi connectivity index (χ1n) is 6.93. The summed E-state index contributed by atoms with van der Waals surface area (Å²) in [6.07, 6.45) is 0. The number of carbonyl (C=O) groups excluding carboxylic acids is 1. The smallest absolute Gasteiger partial charge is 0.359 e. The molecule has 0 bridgehead atoms. The van der Waals surface area contributed by atoms with Crippen molar-refractivity contribution in [3.8, 4) is 5.75 Å². The fourth-order valence-electron chi connectivity index (χ4n) is 2.35. The normalized spacial score (nSPS) is 10.6. The van der Waals surface area contributed by atoms with E-state index in [0.29, 0.717) is 11.4 Å². The maximum absolute atomic E-state index is 12.2. The molecule has 0 amide bonds. The van der Waals surface area contributed by atoms with Crippen LogP contribution in [-0.4, -0.2) is 23.3 Å². The second-order valence-electron chi connectivity index (χ2n) is 5.01. The number of H-pyrrole nitrogens is 1. The Morgan fingerprint density at radius 2 is 2.05 bits per heavy atom. The molecule has 0 spiro atoms. The monoisotopic (exact) mass is 296 g/mol. The Morgan fingerprint density at radius 3 is 2.86 bits per heavy atom. The van der Waals surface area contributed by atoms with Gasteiger partial charge in [0.2, 0.25) is 0 Å². The van der Waals surface area contributed by atoms with E-state index in [1.165, 1.54) is 0 Å².